The number of halogens is 1. The molecule has 1 amide bonds. The van der Waals surface area contributed by atoms with E-state index in [1.807, 2.05) is 36.4 Å². The van der Waals surface area contributed by atoms with Crippen molar-refractivity contribution in [3.63, 3.8) is 0 Å². The third-order valence-corrected chi connectivity index (χ3v) is 9.54. The van der Waals surface area contributed by atoms with Gasteiger partial charge in [0.15, 0.2) is 5.69 Å². The van der Waals surface area contributed by atoms with E-state index in [2.05, 4.69) is 47.8 Å². The minimum Gasteiger partial charge on any atom is -0.487 e. The zero-order valence-corrected chi connectivity index (χ0v) is 27.0. The zero-order valence-electron chi connectivity index (χ0n) is 26.3. The molecule has 46 heavy (non-hydrogen) atoms. The summed E-state index contributed by atoms with van der Waals surface area (Å²) in [5.74, 6) is 0.714. The van der Waals surface area contributed by atoms with Crippen molar-refractivity contribution in [3.8, 4) is 11.4 Å². The molecule has 3 N–H and O–H groups in total. The van der Waals surface area contributed by atoms with Crippen LogP contribution in [0.25, 0.3) is 5.69 Å². The van der Waals surface area contributed by atoms with E-state index in [0.29, 0.717) is 18.0 Å². The van der Waals surface area contributed by atoms with Gasteiger partial charge >= 0.3 is 0 Å². The van der Waals surface area contributed by atoms with Gasteiger partial charge in [-0.1, -0.05) is 86.1 Å². The average molecular weight is 641 g/mol. The number of para-hydroxylation sites is 1. The third-order valence-electron chi connectivity index (χ3n) is 9.25. The molecule has 2 aliphatic rings. The summed E-state index contributed by atoms with van der Waals surface area (Å²) in [5, 5.41) is 22.6. The van der Waals surface area contributed by atoms with Crippen LogP contribution in [-0.4, -0.2) is 45.1 Å². The van der Waals surface area contributed by atoms with E-state index in [0.717, 1.165) is 53.7 Å². The number of nitrogens with zero attached hydrogens (tertiary/aromatic N) is 2. The second-order valence-corrected chi connectivity index (χ2v) is 13.3. The number of benzene rings is 3. The molecule has 3 aromatic carbocycles. The third kappa shape index (κ3) is 7.04. The van der Waals surface area contributed by atoms with Crippen LogP contribution in [0.15, 0.2) is 89.7 Å². The van der Waals surface area contributed by atoms with Crippen LogP contribution < -0.4 is 20.9 Å². The zero-order chi connectivity index (χ0) is 32.3. The van der Waals surface area contributed by atoms with Crippen LogP contribution >= 0.6 is 11.6 Å². The number of carbonyl (C=O) groups excluding carboxylic acids is 1. The van der Waals surface area contributed by atoms with Gasteiger partial charge in [-0.05, 0) is 67.3 Å². The molecule has 1 saturated carbocycles. The molecule has 6 rings (SSSR count). The van der Waals surface area contributed by atoms with Gasteiger partial charge < -0.3 is 20.5 Å². The van der Waals surface area contributed by atoms with Crippen molar-refractivity contribution in [1.82, 2.24) is 20.4 Å². The SMILES string of the molecule is CC(C)c1ccc2c(c1)[C@@H](NC[C@@H](O)[C@H](Cc1ccccc1)NC(=O)c1nn(-c3ccccc3)c(=O)cc1Cl)CC1(CCCC1)O2. The molecule has 1 fully saturated rings. The normalized spacial score (nSPS) is 18.2. The molecule has 1 aromatic heterocycles. The number of rotatable bonds is 10. The maximum absolute atomic E-state index is 13.7. The average Bonchev–Trinajstić information content (AvgIpc) is 3.50. The number of aliphatic hydroxyl groups excluding tert-OH is 1. The van der Waals surface area contributed by atoms with Crippen molar-refractivity contribution < 1.29 is 14.6 Å². The summed E-state index contributed by atoms with van der Waals surface area (Å²) in [5.41, 5.74) is 3.09. The van der Waals surface area contributed by atoms with Gasteiger partial charge in [0.1, 0.15) is 11.4 Å². The summed E-state index contributed by atoms with van der Waals surface area (Å²) in [4.78, 5) is 26.4. The second-order valence-electron chi connectivity index (χ2n) is 12.9. The van der Waals surface area contributed by atoms with Crippen LogP contribution in [0.1, 0.15) is 85.1 Å². The number of nitrogens with one attached hydrogen (secondary N) is 2. The fraction of sp³-hybridized carbons (Fsp3) is 0.378. The first-order chi connectivity index (χ1) is 22.2. The van der Waals surface area contributed by atoms with E-state index in [-0.39, 0.29) is 28.9 Å². The van der Waals surface area contributed by atoms with E-state index >= 15 is 0 Å². The van der Waals surface area contributed by atoms with Crippen molar-refractivity contribution in [2.45, 2.75) is 82.1 Å². The summed E-state index contributed by atoms with van der Waals surface area (Å²) in [7, 11) is 0. The summed E-state index contributed by atoms with van der Waals surface area (Å²) < 4.78 is 7.79. The number of hydrogen-bond donors (Lipinski definition) is 3. The summed E-state index contributed by atoms with van der Waals surface area (Å²) in [6.45, 7) is 4.61. The van der Waals surface area contributed by atoms with Crippen molar-refractivity contribution in [3.05, 3.63) is 123 Å². The molecule has 3 atom stereocenters. The number of aromatic nitrogens is 2. The van der Waals surface area contributed by atoms with Gasteiger partial charge in [0.25, 0.3) is 11.5 Å². The second kappa shape index (κ2) is 13.8. The van der Waals surface area contributed by atoms with Gasteiger partial charge in [0.05, 0.1) is 22.9 Å². The van der Waals surface area contributed by atoms with Gasteiger partial charge in [-0.3, -0.25) is 9.59 Å². The fourth-order valence-electron chi connectivity index (χ4n) is 6.69. The minimum absolute atomic E-state index is 0.00572. The Morgan fingerprint density at radius 1 is 1.04 bits per heavy atom. The van der Waals surface area contributed by atoms with Crippen LogP contribution in [0.2, 0.25) is 5.02 Å². The first kappa shape index (κ1) is 32.0. The van der Waals surface area contributed by atoms with E-state index in [4.69, 9.17) is 16.3 Å². The lowest BCUT2D eigenvalue weighted by molar-refractivity contribution is 0.0326. The first-order valence-electron chi connectivity index (χ1n) is 16.2. The fourth-order valence-corrected chi connectivity index (χ4v) is 6.91. The first-order valence-corrected chi connectivity index (χ1v) is 16.5. The molecular weight excluding hydrogens is 600 g/mol. The monoisotopic (exact) mass is 640 g/mol. The van der Waals surface area contributed by atoms with Crippen LogP contribution in [0, 0.1) is 0 Å². The largest absolute Gasteiger partial charge is 0.487 e. The van der Waals surface area contributed by atoms with Crippen LogP contribution in [-0.2, 0) is 6.42 Å². The topological polar surface area (TPSA) is 105 Å². The van der Waals surface area contributed by atoms with Crippen LogP contribution in [0.3, 0.4) is 0 Å². The van der Waals surface area contributed by atoms with E-state index in [9.17, 15) is 14.7 Å². The van der Waals surface area contributed by atoms with E-state index in [1.165, 1.54) is 11.6 Å². The minimum atomic E-state index is -0.943. The standard InChI is InChI=1S/C37H41ClN4O4/c1-24(2)26-15-16-33-28(20-26)31(22-37(46-33)17-9-10-18-37)39-23-32(43)30(19-25-11-5-3-6-12-25)40-36(45)35-29(38)21-34(44)42(41-35)27-13-7-4-8-14-27/h3-8,11-16,20-21,24,30-32,39,43H,9-10,17-19,22-23H2,1-2H3,(H,40,45)/t30-,31-,32+/m0/s1. The van der Waals surface area contributed by atoms with Gasteiger partial charge in [0.2, 0.25) is 0 Å². The molecule has 0 unspecified atom stereocenters. The number of fused-ring (bicyclic) bond motifs is 1. The number of carbonyl (C=O) groups is 1. The van der Waals surface area contributed by atoms with E-state index in [1.54, 1.807) is 24.3 Å². The summed E-state index contributed by atoms with van der Waals surface area (Å²) in [6.07, 6.45) is 4.60. The van der Waals surface area contributed by atoms with Crippen LogP contribution in [0.5, 0.6) is 5.75 Å². The molecule has 8 nitrogen and oxygen atoms in total. The quantitative estimate of drug-likeness (QED) is 0.192. The lowest BCUT2D eigenvalue weighted by atomic mass is 9.84. The molecule has 9 heteroatoms. The maximum atomic E-state index is 13.7. The molecule has 4 aromatic rings. The molecule has 1 spiro atoms. The van der Waals surface area contributed by atoms with Crippen molar-refractivity contribution in [1.29, 1.82) is 0 Å². The predicted molar refractivity (Wildman–Crippen MR) is 180 cm³/mol. The van der Waals surface area contributed by atoms with Crippen molar-refractivity contribution >= 4 is 17.5 Å². The molecule has 0 bridgehead atoms. The highest BCUT2D eigenvalue weighted by atomic mass is 35.5. The molecule has 240 valence electrons. The van der Waals surface area contributed by atoms with Gasteiger partial charge in [-0.15, -0.1) is 0 Å². The molecule has 0 saturated heterocycles. The molecule has 1 aliphatic carbocycles. The smallest absolute Gasteiger partial charge is 0.273 e. The van der Waals surface area contributed by atoms with Crippen molar-refractivity contribution in [2.24, 2.45) is 0 Å². The van der Waals surface area contributed by atoms with Gasteiger partial charge in [-0.2, -0.15) is 9.78 Å². The number of hydrogen-bond acceptors (Lipinski definition) is 6. The lowest BCUT2D eigenvalue weighted by Crippen LogP contribution is -2.50. The number of ether oxygens (including phenoxy) is 1. The maximum Gasteiger partial charge on any atom is 0.273 e. The van der Waals surface area contributed by atoms with Crippen LogP contribution in [0.4, 0.5) is 0 Å². The molecule has 2 heterocycles. The Morgan fingerprint density at radius 2 is 1.74 bits per heavy atom. The Morgan fingerprint density at radius 3 is 2.43 bits per heavy atom. The van der Waals surface area contributed by atoms with Gasteiger partial charge in [0, 0.05) is 30.6 Å². The predicted octanol–water partition coefficient (Wildman–Crippen LogP) is 6.14. The molecule has 1 aliphatic heterocycles. The Bertz CT molecular complexity index is 1720. The molecule has 0 radical (unpaired) electrons. The lowest BCUT2D eigenvalue weighted by Gasteiger charge is -2.41. The number of aliphatic hydroxyl groups is 1. The van der Waals surface area contributed by atoms with E-state index < -0.39 is 23.6 Å². The number of amides is 1. The highest BCUT2D eigenvalue weighted by Gasteiger charge is 2.43. The summed E-state index contributed by atoms with van der Waals surface area (Å²) >= 11 is 6.39. The highest BCUT2D eigenvalue weighted by molar-refractivity contribution is 6.33. The van der Waals surface area contributed by atoms with Gasteiger partial charge in [-0.25, -0.2) is 0 Å². The Hall–Kier alpha value is -3.98. The highest BCUT2D eigenvalue weighted by Crippen LogP contribution is 2.47. The molecular formula is C37H41ClN4O4. The Labute approximate surface area is 274 Å². The summed E-state index contributed by atoms with van der Waals surface area (Å²) in [6, 6.07) is 25.6. The van der Waals surface area contributed by atoms with Crippen molar-refractivity contribution in [2.75, 3.05) is 6.54 Å². The Balaban J connectivity index is 1.24. The Kier molecular flexibility index (Phi) is 9.59.